The number of hydrogen-bond acceptors (Lipinski definition) is 1. The van der Waals surface area contributed by atoms with Crippen LogP contribution in [-0.4, -0.2) is 5.78 Å². The molecule has 3 rings (SSSR count). The summed E-state index contributed by atoms with van der Waals surface area (Å²) in [5.41, 5.74) is 4.96. The monoisotopic (exact) mass is 222 g/mol. The molecule has 84 valence electrons. The van der Waals surface area contributed by atoms with Gasteiger partial charge in [-0.2, -0.15) is 0 Å². The molecule has 0 fully saturated rings. The molecule has 2 aromatic carbocycles. The van der Waals surface area contributed by atoms with Crippen molar-refractivity contribution in [2.45, 2.75) is 19.3 Å². The van der Waals surface area contributed by atoms with Crippen molar-refractivity contribution in [1.29, 1.82) is 0 Å². The summed E-state index contributed by atoms with van der Waals surface area (Å²) in [6.45, 7) is 1.69. The van der Waals surface area contributed by atoms with Gasteiger partial charge < -0.3 is 0 Å². The summed E-state index contributed by atoms with van der Waals surface area (Å²) in [6, 6.07) is 16.6. The molecule has 1 nitrogen and oxygen atoms in total. The van der Waals surface area contributed by atoms with E-state index in [2.05, 4.69) is 30.3 Å². The van der Waals surface area contributed by atoms with E-state index < -0.39 is 0 Å². The number of ketones is 1. The fourth-order valence-corrected chi connectivity index (χ4v) is 2.70. The number of carbonyl (C=O) groups is 1. The first-order valence-electron chi connectivity index (χ1n) is 5.95. The highest BCUT2D eigenvalue weighted by Crippen LogP contribution is 2.39. The van der Waals surface area contributed by atoms with E-state index in [1.165, 1.54) is 22.3 Å². The fourth-order valence-electron chi connectivity index (χ4n) is 2.70. The number of Topliss-reactive ketones (excluding diaryl/α,β-unsaturated/α-hetero) is 1. The fraction of sp³-hybridized carbons (Fsp3) is 0.188. The van der Waals surface area contributed by atoms with E-state index in [1.807, 2.05) is 18.2 Å². The smallest absolute Gasteiger partial charge is 0.137 e. The average molecular weight is 222 g/mol. The highest BCUT2D eigenvalue weighted by molar-refractivity contribution is 5.89. The molecule has 0 saturated carbocycles. The van der Waals surface area contributed by atoms with E-state index in [0.29, 0.717) is 0 Å². The number of fused-ring (bicyclic) bond motifs is 3. The Morgan fingerprint density at radius 2 is 1.65 bits per heavy atom. The van der Waals surface area contributed by atoms with Crippen LogP contribution in [0, 0.1) is 0 Å². The minimum Gasteiger partial charge on any atom is -0.299 e. The van der Waals surface area contributed by atoms with Crippen LogP contribution in [0.15, 0.2) is 48.5 Å². The molecule has 0 radical (unpaired) electrons. The van der Waals surface area contributed by atoms with Crippen LogP contribution in [0.25, 0.3) is 11.1 Å². The molecule has 0 aliphatic heterocycles. The first-order chi connectivity index (χ1) is 8.27. The normalized spacial score (nSPS) is 17.1. The highest BCUT2D eigenvalue weighted by Gasteiger charge is 2.26. The lowest BCUT2D eigenvalue weighted by atomic mass is 9.77. The highest BCUT2D eigenvalue weighted by atomic mass is 16.1. The molecular weight excluding hydrogens is 208 g/mol. The molecule has 0 bridgehead atoms. The molecule has 0 saturated heterocycles. The topological polar surface area (TPSA) is 17.1 Å². The Bertz CT molecular complexity index is 584. The van der Waals surface area contributed by atoms with Gasteiger partial charge in [0.1, 0.15) is 5.78 Å². The number of carbonyl (C=O) groups excluding carboxylic acids is 1. The standard InChI is InChI=1S/C16H14O/c1-11(17)16-10-12-6-2-3-7-13(12)14-8-4-5-9-15(14)16/h2-9,16H,10H2,1H3/t16-/m0/s1. The van der Waals surface area contributed by atoms with Crippen LogP contribution in [0.5, 0.6) is 0 Å². The summed E-state index contributed by atoms with van der Waals surface area (Å²) in [5.74, 6) is 0.285. The molecule has 1 atom stereocenters. The van der Waals surface area contributed by atoms with Crippen molar-refractivity contribution in [3.63, 3.8) is 0 Å². The molecule has 0 aromatic heterocycles. The maximum absolute atomic E-state index is 11.8. The number of rotatable bonds is 1. The van der Waals surface area contributed by atoms with E-state index in [0.717, 1.165) is 6.42 Å². The maximum atomic E-state index is 11.8. The largest absolute Gasteiger partial charge is 0.299 e. The van der Waals surface area contributed by atoms with E-state index in [9.17, 15) is 4.79 Å². The third-order valence-electron chi connectivity index (χ3n) is 3.56. The third kappa shape index (κ3) is 1.59. The predicted octanol–water partition coefficient (Wildman–Crippen LogP) is 3.58. The predicted molar refractivity (Wildman–Crippen MR) is 69.0 cm³/mol. The summed E-state index contributed by atoms with van der Waals surface area (Å²) in [7, 11) is 0. The second-order valence-electron chi connectivity index (χ2n) is 4.61. The molecule has 17 heavy (non-hydrogen) atoms. The molecule has 0 spiro atoms. The van der Waals surface area contributed by atoms with Crippen molar-refractivity contribution < 1.29 is 4.79 Å². The van der Waals surface area contributed by atoms with Crippen LogP contribution < -0.4 is 0 Å². The van der Waals surface area contributed by atoms with Crippen LogP contribution in [0.2, 0.25) is 0 Å². The molecule has 1 heteroatoms. The lowest BCUT2D eigenvalue weighted by Crippen LogP contribution is -2.17. The molecule has 2 aromatic rings. The van der Waals surface area contributed by atoms with Crippen LogP contribution in [-0.2, 0) is 11.2 Å². The lowest BCUT2D eigenvalue weighted by Gasteiger charge is -2.26. The van der Waals surface area contributed by atoms with Gasteiger partial charge in [-0.1, -0.05) is 48.5 Å². The van der Waals surface area contributed by atoms with E-state index in [-0.39, 0.29) is 11.7 Å². The summed E-state index contributed by atoms with van der Waals surface area (Å²) < 4.78 is 0. The van der Waals surface area contributed by atoms with Gasteiger partial charge in [-0.25, -0.2) is 0 Å². The summed E-state index contributed by atoms with van der Waals surface area (Å²) in [5, 5.41) is 0. The second-order valence-corrected chi connectivity index (χ2v) is 4.61. The Labute approximate surface area is 101 Å². The number of hydrogen-bond donors (Lipinski definition) is 0. The zero-order valence-corrected chi connectivity index (χ0v) is 9.81. The van der Waals surface area contributed by atoms with Gasteiger partial charge >= 0.3 is 0 Å². The van der Waals surface area contributed by atoms with Crippen LogP contribution >= 0.6 is 0 Å². The van der Waals surface area contributed by atoms with Gasteiger partial charge in [0.2, 0.25) is 0 Å². The first kappa shape index (κ1) is 10.3. The molecule has 0 amide bonds. The van der Waals surface area contributed by atoms with Crippen LogP contribution in [0.1, 0.15) is 24.0 Å². The van der Waals surface area contributed by atoms with Crippen molar-refractivity contribution >= 4 is 5.78 Å². The van der Waals surface area contributed by atoms with Gasteiger partial charge in [0, 0.05) is 5.92 Å². The van der Waals surface area contributed by atoms with Crippen molar-refractivity contribution in [2.24, 2.45) is 0 Å². The Hall–Kier alpha value is -1.89. The number of benzene rings is 2. The maximum Gasteiger partial charge on any atom is 0.137 e. The van der Waals surface area contributed by atoms with Crippen molar-refractivity contribution in [2.75, 3.05) is 0 Å². The van der Waals surface area contributed by atoms with Crippen molar-refractivity contribution in [3.8, 4) is 11.1 Å². The van der Waals surface area contributed by atoms with Gasteiger partial charge in [0.05, 0.1) is 0 Å². The Morgan fingerprint density at radius 1 is 1.00 bits per heavy atom. The zero-order valence-electron chi connectivity index (χ0n) is 9.81. The summed E-state index contributed by atoms with van der Waals surface area (Å²) >= 11 is 0. The van der Waals surface area contributed by atoms with Gasteiger partial charge in [0.25, 0.3) is 0 Å². The first-order valence-corrected chi connectivity index (χ1v) is 5.95. The van der Waals surface area contributed by atoms with Gasteiger partial charge in [-0.3, -0.25) is 4.79 Å². The van der Waals surface area contributed by atoms with E-state index in [1.54, 1.807) is 6.92 Å². The Morgan fingerprint density at radius 3 is 2.41 bits per heavy atom. The molecule has 1 aliphatic rings. The SMILES string of the molecule is CC(=O)[C@@H]1Cc2ccccc2-c2ccccc21. The van der Waals surface area contributed by atoms with Crippen LogP contribution in [0.3, 0.4) is 0 Å². The third-order valence-corrected chi connectivity index (χ3v) is 3.56. The van der Waals surface area contributed by atoms with Crippen molar-refractivity contribution in [3.05, 3.63) is 59.7 Å². The molecule has 0 unspecified atom stereocenters. The van der Waals surface area contributed by atoms with Gasteiger partial charge in [-0.15, -0.1) is 0 Å². The van der Waals surface area contributed by atoms with Crippen LogP contribution in [0.4, 0.5) is 0 Å². The van der Waals surface area contributed by atoms with Gasteiger partial charge in [-0.05, 0) is 35.6 Å². The van der Waals surface area contributed by atoms with Crippen molar-refractivity contribution in [1.82, 2.24) is 0 Å². The molecular formula is C16H14O. The molecule has 0 N–H and O–H groups in total. The summed E-state index contributed by atoms with van der Waals surface area (Å²) in [4.78, 5) is 11.8. The second kappa shape index (κ2) is 3.85. The Balaban J connectivity index is 2.26. The van der Waals surface area contributed by atoms with E-state index in [4.69, 9.17) is 0 Å². The quantitative estimate of drug-likeness (QED) is 0.720. The minimum absolute atomic E-state index is 0.0288. The van der Waals surface area contributed by atoms with E-state index >= 15 is 0 Å². The minimum atomic E-state index is 0.0288. The lowest BCUT2D eigenvalue weighted by molar-refractivity contribution is -0.118. The summed E-state index contributed by atoms with van der Waals surface area (Å²) in [6.07, 6.45) is 0.836. The van der Waals surface area contributed by atoms with Gasteiger partial charge in [0.15, 0.2) is 0 Å². The zero-order chi connectivity index (χ0) is 11.8. The molecule has 1 aliphatic carbocycles. The Kier molecular flexibility index (Phi) is 2.32. The molecule has 0 heterocycles. The average Bonchev–Trinajstić information content (AvgIpc) is 2.37.